The second-order valence-corrected chi connectivity index (χ2v) is 9.04. The summed E-state index contributed by atoms with van der Waals surface area (Å²) in [5.74, 6) is 1.41. The molecule has 3 aromatic carbocycles. The summed E-state index contributed by atoms with van der Waals surface area (Å²) in [7, 11) is -2.20. The number of amides is 1. The van der Waals surface area contributed by atoms with Crippen molar-refractivity contribution in [2.75, 3.05) is 25.0 Å². The molecular formula is C25H28N2O6S. The molecule has 0 heterocycles. The minimum absolute atomic E-state index is 0.0722. The molecule has 34 heavy (non-hydrogen) atoms. The molecular weight excluding hydrogens is 456 g/mol. The second kappa shape index (κ2) is 11.4. The summed E-state index contributed by atoms with van der Waals surface area (Å²) in [5.41, 5.74) is 1.28. The molecule has 9 heteroatoms. The van der Waals surface area contributed by atoms with Gasteiger partial charge in [0.2, 0.25) is 0 Å². The van der Waals surface area contributed by atoms with E-state index in [1.807, 2.05) is 38.1 Å². The van der Waals surface area contributed by atoms with Gasteiger partial charge in [0.25, 0.3) is 15.9 Å². The number of hydrogen-bond donors (Lipinski definition) is 2. The Morgan fingerprint density at radius 2 is 1.53 bits per heavy atom. The van der Waals surface area contributed by atoms with Gasteiger partial charge in [-0.1, -0.05) is 18.2 Å². The molecule has 0 aliphatic rings. The van der Waals surface area contributed by atoms with Crippen molar-refractivity contribution < 1.29 is 27.4 Å². The molecule has 0 spiro atoms. The summed E-state index contributed by atoms with van der Waals surface area (Å²) in [6, 6.07) is 19.7. The lowest BCUT2D eigenvalue weighted by Gasteiger charge is -2.17. The molecule has 2 N–H and O–H groups in total. The fourth-order valence-corrected chi connectivity index (χ4v) is 4.31. The van der Waals surface area contributed by atoms with Crippen molar-refractivity contribution in [3.63, 3.8) is 0 Å². The SMILES string of the molecule is CCOc1ccc(NS(=O)(=O)c2ccc(OCC(=O)NC(C)c3ccccc3OC)cc2)cc1. The Bertz CT molecular complexity index is 1190. The molecule has 0 saturated heterocycles. The normalized spacial score (nSPS) is 11.9. The Labute approximate surface area is 199 Å². The van der Waals surface area contributed by atoms with Crippen molar-refractivity contribution in [1.82, 2.24) is 5.32 Å². The number of methoxy groups -OCH3 is 1. The van der Waals surface area contributed by atoms with Gasteiger partial charge in [-0.05, 0) is 68.4 Å². The molecule has 1 atom stereocenters. The average molecular weight is 485 g/mol. The van der Waals surface area contributed by atoms with Gasteiger partial charge < -0.3 is 19.5 Å². The van der Waals surface area contributed by atoms with E-state index in [2.05, 4.69) is 10.0 Å². The number of carbonyl (C=O) groups is 1. The molecule has 0 aromatic heterocycles. The number of sulfonamides is 1. The third-order valence-electron chi connectivity index (χ3n) is 4.90. The van der Waals surface area contributed by atoms with Crippen molar-refractivity contribution in [3.05, 3.63) is 78.4 Å². The third-order valence-corrected chi connectivity index (χ3v) is 6.30. The van der Waals surface area contributed by atoms with Crippen molar-refractivity contribution in [3.8, 4) is 17.2 Å². The highest BCUT2D eigenvalue weighted by molar-refractivity contribution is 7.92. The second-order valence-electron chi connectivity index (χ2n) is 7.35. The van der Waals surface area contributed by atoms with Crippen LogP contribution in [0, 0.1) is 0 Å². The fourth-order valence-electron chi connectivity index (χ4n) is 3.25. The van der Waals surface area contributed by atoms with Crippen molar-refractivity contribution in [2.45, 2.75) is 24.8 Å². The van der Waals surface area contributed by atoms with E-state index in [0.717, 1.165) is 5.56 Å². The standard InChI is InChI=1S/C25H28N2O6S/c1-4-32-20-11-9-19(10-12-20)27-34(29,30)22-15-13-21(14-16-22)33-17-25(28)26-18(2)23-7-5-6-8-24(23)31-3/h5-16,18,27H,4,17H2,1-3H3,(H,26,28). The van der Waals surface area contributed by atoms with E-state index in [1.165, 1.54) is 24.3 Å². The van der Waals surface area contributed by atoms with E-state index in [4.69, 9.17) is 14.2 Å². The van der Waals surface area contributed by atoms with Crippen LogP contribution >= 0.6 is 0 Å². The average Bonchev–Trinajstić information content (AvgIpc) is 2.84. The number of benzene rings is 3. The molecule has 180 valence electrons. The van der Waals surface area contributed by atoms with E-state index < -0.39 is 10.0 Å². The van der Waals surface area contributed by atoms with Gasteiger partial charge in [-0.25, -0.2) is 8.42 Å². The Balaban J connectivity index is 1.55. The molecule has 0 saturated carbocycles. The topological polar surface area (TPSA) is 103 Å². The number of nitrogens with one attached hydrogen (secondary N) is 2. The number of anilines is 1. The predicted octanol–water partition coefficient (Wildman–Crippen LogP) is 4.15. The van der Waals surface area contributed by atoms with Crippen molar-refractivity contribution in [2.24, 2.45) is 0 Å². The molecule has 3 aromatic rings. The number of ether oxygens (including phenoxy) is 3. The fraction of sp³-hybridized carbons (Fsp3) is 0.240. The molecule has 0 bridgehead atoms. The maximum absolute atomic E-state index is 12.6. The van der Waals surface area contributed by atoms with Gasteiger partial charge in [0.15, 0.2) is 6.61 Å². The van der Waals surface area contributed by atoms with E-state index in [0.29, 0.717) is 29.5 Å². The zero-order valence-electron chi connectivity index (χ0n) is 19.3. The zero-order valence-corrected chi connectivity index (χ0v) is 20.1. The van der Waals surface area contributed by atoms with Crippen LogP contribution in [0.3, 0.4) is 0 Å². The number of hydrogen-bond acceptors (Lipinski definition) is 6. The monoisotopic (exact) mass is 484 g/mol. The van der Waals surface area contributed by atoms with Crippen LogP contribution < -0.4 is 24.2 Å². The third kappa shape index (κ3) is 6.64. The summed E-state index contributed by atoms with van der Waals surface area (Å²) in [5, 5.41) is 2.86. The molecule has 3 rings (SSSR count). The van der Waals surface area contributed by atoms with Crippen LogP contribution in [0.25, 0.3) is 0 Å². The zero-order chi connectivity index (χ0) is 24.6. The summed E-state index contributed by atoms with van der Waals surface area (Å²) in [6.45, 7) is 4.05. The highest BCUT2D eigenvalue weighted by atomic mass is 32.2. The van der Waals surface area contributed by atoms with E-state index in [-0.39, 0.29) is 23.5 Å². The lowest BCUT2D eigenvalue weighted by Crippen LogP contribution is -2.31. The minimum Gasteiger partial charge on any atom is -0.496 e. The number of para-hydroxylation sites is 1. The Kier molecular flexibility index (Phi) is 8.37. The molecule has 0 aliphatic heterocycles. The maximum Gasteiger partial charge on any atom is 0.261 e. The van der Waals surface area contributed by atoms with E-state index >= 15 is 0 Å². The molecule has 1 amide bonds. The summed E-state index contributed by atoms with van der Waals surface area (Å²) >= 11 is 0. The summed E-state index contributed by atoms with van der Waals surface area (Å²) < 4.78 is 44.0. The van der Waals surface area contributed by atoms with Crippen molar-refractivity contribution in [1.29, 1.82) is 0 Å². The van der Waals surface area contributed by atoms with Crippen molar-refractivity contribution >= 4 is 21.6 Å². The minimum atomic E-state index is -3.78. The Morgan fingerprint density at radius 1 is 0.912 bits per heavy atom. The molecule has 8 nitrogen and oxygen atoms in total. The quantitative estimate of drug-likeness (QED) is 0.424. The predicted molar refractivity (Wildman–Crippen MR) is 130 cm³/mol. The van der Waals surface area contributed by atoms with E-state index in [1.54, 1.807) is 31.4 Å². The first-order chi connectivity index (χ1) is 16.3. The van der Waals surface area contributed by atoms with E-state index in [9.17, 15) is 13.2 Å². The first kappa shape index (κ1) is 24.9. The van der Waals surface area contributed by atoms with Gasteiger partial charge in [-0.15, -0.1) is 0 Å². The van der Waals surface area contributed by atoms with Gasteiger partial charge >= 0.3 is 0 Å². The van der Waals surface area contributed by atoms with Gasteiger partial charge in [0.05, 0.1) is 24.7 Å². The van der Waals surface area contributed by atoms with Crippen LogP contribution in [-0.4, -0.2) is 34.6 Å². The maximum atomic E-state index is 12.6. The molecule has 0 fully saturated rings. The largest absolute Gasteiger partial charge is 0.496 e. The van der Waals surface area contributed by atoms with Crippen LogP contribution in [0.4, 0.5) is 5.69 Å². The van der Waals surface area contributed by atoms with Gasteiger partial charge in [0, 0.05) is 11.3 Å². The molecule has 0 aliphatic carbocycles. The highest BCUT2D eigenvalue weighted by Gasteiger charge is 2.16. The van der Waals surface area contributed by atoms with Crippen LogP contribution in [0.2, 0.25) is 0 Å². The molecule has 1 unspecified atom stereocenters. The van der Waals surface area contributed by atoms with Crippen LogP contribution in [-0.2, 0) is 14.8 Å². The smallest absolute Gasteiger partial charge is 0.261 e. The van der Waals surface area contributed by atoms with Gasteiger partial charge in [-0.2, -0.15) is 0 Å². The lowest BCUT2D eigenvalue weighted by molar-refractivity contribution is -0.123. The Morgan fingerprint density at radius 3 is 2.18 bits per heavy atom. The number of carbonyl (C=O) groups excluding carboxylic acids is 1. The van der Waals surface area contributed by atoms with Crippen LogP contribution in [0.5, 0.6) is 17.2 Å². The summed E-state index contributed by atoms with van der Waals surface area (Å²) in [4.78, 5) is 12.4. The van der Waals surface area contributed by atoms with Gasteiger partial charge in [0.1, 0.15) is 17.2 Å². The Hall–Kier alpha value is -3.72. The number of rotatable bonds is 11. The van der Waals surface area contributed by atoms with Crippen LogP contribution in [0.15, 0.2) is 77.7 Å². The highest BCUT2D eigenvalue weighted by Crippen LogP contribution is 2.24. The van der Waals surface area contributed by atoms with Crippen LogP contribution in [0.1, 0.15) is 25.5 Å². The first-order valence-corrected chi connectivity index (χ1v) is 12.2. The van der Waals surface area contributed by atoms with Gasteiger partial charge in [-0.3, -0.25) is 9.52 Å². The molecule has 0 radical (unpaired) electrons. The first-order valence-electron chi connectivity index (χ1n) is 10.7. The summed E-state index contributed by atoms with van der Waals surface area (Å²) in [6.07, 6.45) is 0. The lowest BCUT2D eigenvalue weighted by atomic mass is 10.1.